The van der Waals surface area contributed by atoms with Crippen LogP contribution in [0.2, 0.25) is 0 Å². The highest BCUT2D eigenvalue weighted by Gasteiger charge is 1.97. The summed E-state index contributed by atoms with van der Waals surface area (Å²) in [7, 11) is 1.90. The molecule has 0 saturated heterocycles. The van der Waals surface area contributed by atoms with E-state index in [1.54, 1.807) is 4.68 Å². The maximum absolute atomic E-state index is 5.60. The van der Waals surface area contributed by atoms with E-state index in [0.29, 0.717) is 13.2 Å². The van der Waals surface area contributed by atoms with Gasteiger partial charge in [-0.2, -0.15) is 5.10 Å². The molecule has 0 aliphatic heterocycles. The molecule has 0 amide bonds. The van der Waals surface area contributed by atoms with E-state index in [9.17, 15) is 0 Å². The Kier molecular flexibility index (Phi) is 3.74. The van der Waals surface area contributed by atoms with Gasteiger partial charge in [0.1, 0.15) is 0 Å². The third kappa shape index (κ3) is 3.18. The van der Waals surface area contributed by atoms with Crippen LogP contribution in [0.5, 0.6) is 0 Å². The molecule has 84 valence electrons. The minimum absolute atomic E-state index is 0.598. The fourth-order valence-corrected chi connectivity index (χ4v) is 1.91. The van der Waals surface area contributed by atoms with Crippen molar-refractivity contribution >= 4 is 15.9 Å². The number of hydrogen-bond acceptors (Lipinski definition) is 2. The van der Waals surface area contributed by atoms with Crippen LogP contribution in [0.1, 0.15) is 11.1 Å². The van der Waals surface area contributed by atoms with E-state index in [-0.39, 0.29) is 0 Å². The molecule has 0 spiro atoms. The topological polar surface area (TPSA) is 27.1 Å². The average Bonchev–Trinajstić information content (AvgIpc) is 2.64. The zero-order valence-corrected chi connectivity index (χ0v) is 10.6. The lowest BCUT2D eigenvalue weighted by molar-refractivity contribution is 0.107. The monoisotopic (exact) mass is 280 g/mol. The van der Waals surface area contributed by atoms with Gasteiger partial charge in [0, 0.05) is 23.3 Å². The molecule has 2 aromatic rings. The molecule has 0 aliphatic rings. The van der Waals surface area contributed by atoms with E-state index in [1.165, 1.54) is 5.56 Å². The molecule has 0 aliphatic carbocycles. The van der Waals surface area contributed by atoms with Crippen molar-refractivity contribution in [2.24, 2.45) is 7.05 Å². The highest BCUT2D eigenvalue weighted by molar-refractivity contribution is 9.10. The van der Waals surface area contributed by atoms with Gasteiger partial charge < -0.3 is 4.74 Å². The van der Waals surface area contributed by atoms with Gasteiger partial charge >= 0.3 is 0 Å². The zero-order valence-electron chi connectivity index (χ0n) is 9.06. The van der Waals surface area contributed by atoms with Crippen LogP contribution in [0, 0.1) is 0 Å². The lowest BCUT2D eigenvalue weighted by Gasteiger charge is -2.03. The predicted molar refractivity (Wildman–Crippen MR) is 65.8 cm³/mol. The summed E-state index contributed by atoms with van der Waals surface area (Å²) < 4.78 is 8.45. The highest BCUT2D eigenvalue weighted by atomic mass is 79.9. The summed E-state index contributed by atoms with van der Waals surface area (Å²) in [6.45, 7) is 1.22. The van der Waals surface area contributed by atoms with Crippen LogP contribution in [-0.2, 0) is 25.0 Å². The first-order valence-corrected chi connectivity index (χ1v) is 5.83. The number of ether oxygens (including phenoxy) is 1. The second-order valence-corrected chi connectivity index (χ2v) is 4.56. The van der Waals surface area contributed by atoms with E-state index in [0.717, 1.165) is 10.0 Å². The molecular formula is C12H13BrN2O. The quantitative estimate of drug-likeness (QED) is 0.861. The normalized spacial score (nSPS) is 10.6. The second kappa shape index (κ2) is 5.27. The Balaban J connectivity index is 1.84. The molecule has 0 N–H and O–H groups in total. The number of rotatable bonds is 4. The Morgan fingerprint density at radius 2 is 2.12 bits per heavy atom. The Bertz CT molecular complexity index is 468. The summed E-state index contributed by atoms with van der Waals surface area (Å²) in [5, 5.41) is 4.09. The number of nitrogens with zero attached hydrogens (tertiary/aromatic N) is 2. The second-order valence-electron chi connectivity index (χ2n) is 3.64. The maximum atomic E-state index is 5.60. The van der Waals surface area contributed by atoms with E-state index < -0.39 is 0 Å². The van der Waals surface area contributed by atoms with Crippen LogP contribution in [0.4, 0.5) is 0 Å². The molecule has 16 heavy (non-hydrogen) atoms. The van der Waals surface area contributed by atoms with Crippen molar-refractivity contribution in [1.29, 1.82) is 0 Å². The van der Waals surface area contributed by atoms with Crippen LogP contribution in [0.3, 0.4) is 0 Å². The third-order valence-electron chi connectivity index (χ3n) is 2.18. The summed E-state index contributed by atoms with van der Waals surface area (Å²) in [5.41, 5.74) is 2.26. The first kappa shape index (κ1) is 11.4. The van der Waals surface area contributed by atoms with Crippen LogP contribution in [0.25, 0.3) is 0 Å². The van der Waals surface area contributed by atoms with Gasteiger partial charge in [0.2, 0.25) is 0 Å². The standard InChI is InChI=1S/C12H13BrN2O/c1-15-7-11(6-14-15)9-16-8-10-3-2-4-12(13)5-10/h2-7H,8-9H2,1H3. The number of halogens is 1. The molecule has 2 rings (SSSR count). The van der Waals surface area contributed by atoms with Crippen LogP contribution in [-0.4, -0.2) is 9.78 Å². The molecule has 1 heterocycles. The Morgan fingerprint density at radius 3 is 2.81 bits per heavy atom. The Labute approximate surface area is 103 Å². The van der Waals surface area contributed by atoms with Crippen molar-refractivity contribution in [1.82, 2.24) is 9.78 Å². The van der Waals surface area contributed by atoms with Gasteiger partial charge in [-0.25, -0.2) is 0 Å². The molecule has 3 nitrogen and oxygen atoms in total. The van der Waals surface area contributed by atoms with Crippen LogP contribution < -0.4 is 0 Å². The minimum atomic E-state index is 0.598. The zero-order chi connectivity index (χ0) is 11.4. The van der Waals surface area contributed by atoms with Crippen molar-refractivity contribution in [3.05, 3.63) is 52.3 Å². The number of benzene rings is 1. The number of aryl methyl sites for hydroxylation is 1. The predicted octanol–water partition coefficient (Wildman–Crippen LogP) is 2.90. The first-order valence-electron chi connectivity index (χ1n) is 5.04. The van der Waals surface area contributed by atoms with Gasteiger partial charge in [0.05, 0.1) is 19.4 Å². The van der Waals surface area contributed by atoms with Crippen molar-refractivity contribution < 1.29 is 4.74 Å². The van der Waals surface area contributed by atoms with Gasteiger partial charge in [-0.05, 0) is 17.7 Å². The van der Waals surface area contributed by atoms with Gasteiger partial charge in [0.15, 0.2) is 0 Å². The summed E-state index contributed by atoms with van der Waals surface area (Å²) in [4.78, 5) is 0. The van der Waals surface area contributed by atoms with Crippen molar-refractivity contribution in [2.75, 3.05) is 0 Å². The molecule has 0 atom stereocenters. The number of aromatic nitrogens is 2. The van der Waals surface area contributed by atoms with E-state index in [4.69, 9.17) is 4.74 Å². The number of hydrogen-bond donors (Lipinski definition) is 0. The Morgan fingerprint density at radius 1 is 1.31 bits per heavy atom. The van der Waals surface area contributed by atoms with Gasteiger partial charge in [-0.1, -0.05) is 28.1 Å². The summed E-state index contributed by atoms with van der Waals surface area (Å²) >= 11 is 3.43. The maximum Gasteiger partial charge on any atom is 0.0752 e. The molecule has 0 radical (unpaired) electrons. The minimum Gasteiger partial charge on any atom is -0.372 e. The fraction of sp³-hybridized carbons (Fsp3) is 0.250. The molecule has 0 unspecified atom stereocenters. The van der Waals surface area contributed by atoms with E-state index in [2.05, 4.69) is 27.1 Å². The lowest BCUT2D eigenvalue weighted by Crippen LogP contribution is -1.93. The van der Waals surface area contributed by atoms with Crippen molar-refractivity contribution in [3.8, 4) is 0 Å². The lowest BCUT2D eigenvalue weighted by atomic mass is 10.2. The van der Waals surface area contributed by atoms with Crippen molar-refractivity contribution in [2.45, 2.75) is 13.2 Å². The fourth-order valence-electron chi connectivity index (χ4n) is 1.46. The molecule has 0 fully saturated rings. The van der Waals surface area contributed by atoms with E-state index in [1.807, 2.05) is 37.6 Å². The van der Waals surface area contributed by atoms with Crippen molar-refractivity contribution in [3.63, 3.8) is 0 Å². The SMILES string of the molecule is Cn1cc(COCc2cccc(Br)c2)cn1. The highest BCUT2D eigenvalue weighted by Crippen LogP contribution is 2.13. The van der Waals surface area contributed by atoms with Gasteiger partial charge in [-0.3, -0.25) is 4.68 Å². The summed E-state index contributed by atoms with van der Waals surface area (Å²) in [5.74, 6) is 0. The molecular weight excluding hydrogens is 268 g/mol. The smallest absolute Gasteiger partial charge is 0.0752 e. The Hall–Kier alpha value is -1.13. The van der Waals surface area contributed by atoms with Crippen LogP contribution in [0.15, 0.2) is 41.1 Å². The molecule has 0 bridgehead atoms. The molecule has 1 aromatic heterocycles. The largest absolute Gasteiger partial charge is 0.372 e. The molecule has 4 heteroatoms. The average molecular weight is 281 g/mol. The summed E-state index contributed by atoms with van der Waals surface area (Å²) in [6, 6.07) is 8.12. The third-order valence-corrected chi connectivity index (χ3v) is 2.68. The summed E-state index contributed by atoms with van der Waals surface area (Å²) in [6.07, 6.45) is 3.78. The van der Waals surface area contributed by atoms with Gasteiger partial charge in [0.25, 0.3) is 0 Å². The van der Waals surface area contributed by atoms with E-state index >= 15 is 0 Å². The first-order chi connectivity index (χ1) is 7.74. The molecule has 0 saturated carbocycles. The molecule has 1 aromatic carbocycles. The van der Waals surface area contributed by atoms with Crippen LogP contribution >= 0.6 is 15.9 Å². The van der Waals surface area contributed by atoms with Gasteiger partial charge in [-0.15, -0.1) is 0 Å².